The van der Waals surface area contributed by atoms with Gasteiger partial charge in [-0.25, -0.2) is 4.99 Å². The van der Waals surface area contributed by atoms with Gasteiger partial charge in [0.1, 0.15) is 6.07 Å². The van der Waals surface area contributed by atoms with Crippen LogP contribution in [0.3, 0.4) is 0 Å². The summed E-state index contributed by atoms with van der Waals surface area (Å²) in [7, 11) is 0. The Morgan fingerprint density at radius 3 is 2.21 bits per heavy atom. The van der Waals surface area contributed by atoms with Gasteiger partial charge in [0.2, 0.25) is 5.17 Å². The molecule has 2 nitrogen and oxygen atoms in total. The normalized spacial score (nSPS) is 11.2. The standard InChI is InChI=1S/C11H11ClN2/c1-7-4-8(2)11(9(3)5-7)14-10(12)6-13/h4-5H,1-3H3. The zero-order valence-electron chi connectivity index (χ0n) is 8.43. The summed E-state index contributed by atoms with van der Waals surface area (Å²) in [6, 6.07) is 5.84. The van der Waals surface area contributed by atoms with Gasteiger partial charge in [0.25, 0.3) is 0 Å². The summed E-state index contributed by atoms with van der Waals surface area (Å²) in [5.41, 5.74) is 4.06. The second-order valence-electron chi connectivity index (χ2n) is 3.26. The van der Waals surface area contributed by atoms with Crippen molar-refractivity contribution in [3.63, 3.8) is 0 Å². The molecule has 0 heterocycles. The Hall–Kier alpha value is -1.33. The molecule has 1 rings (SSSR count). The van der Waals surface area contributed by atoms with Crippen molar-refractivity contribution in [1.29, 1.82) is 5.26 Å². The molecule has 0 radical (unpaired) electrons. The summed E-state index contributed by atoms with van der Waals surface area (Å²) in [6.07, 6.45) is 0. The number of aliphatic imine (C=N–C) groups is 1. The highest BCUT2D eigenvalue weighted by Crippen LogP contribution is 2.25. The number of hydrogen-bond acceptors (Lipinski definition) is 2. The molecule has 1 aromatic rings. The molecule has 0 saturated heterocycles. The Labute approximate surface area is 88.8 Å². The van der Waals surface area contributed by atoms with Crippen LogP contribution in [0.1, 0.15) is 16.7 Å². The van der Waals surface area contributed by atoms with E-state index in [1.807, 2.05) is 32.9 Å². The fourth-order valence-corrected chi connectivity index (χ4v) is 1.56. The van der Waals surface area contributed by atoms with E-state index in [-0.39, 0.29) is 5.17 Å². The van der Waals surface area contributed by atoms with Crippen LogP contribution in [0.5, 0.6) is 0 Å². The number of nitriles is 1. The second-order valence-corrected chi connectivity index (χ2v) is 3.62. The van der Waals surface area contributed by atoms with Crippen LogP contribution in [-0.2, 0) is 0 Å². The van der Waals surface area contributed by atoms with Gasteiger partial charge in [0, 0.05) is 0 Å². The van der Waals surface area contributed by atoms with E-state index < -0.39 is 0 Å². The maximum absolute atomic E-state index is 8.52. The lowest BCUT2D eigenvalue weighted by molar-refractivity contribution is 1.29. The third-order valence-corrected chi connectivity index (χ3v) is 2.11. The van der Waals surface area contributed by atoms with Gasteiger partial charge in [-0.15, -0.1) is 0 Å². The lowest BCUT2D eigenvalue weighted by Crippen LogP contribution is -1.86. The number of rotatable bonds is 1. The molecule has 0 unspecified atom stereocenters. The molecule has 14 heavy (non-hydrogen) atoms. The molecule has 0 aliphatic heterocycles. The minimum atomic E-state index is -0.0277. The number of hydrogen-bond donors (Lipinski definition) is 0. The summed E-state index contributed by atoms with van der Waals surface area (Å²) in [5.74, 6) is 0. The van der Waals surface area contributed by atoms with E-state index in [1.165, 1.54) is 5.56 Å². The van der Waals surface area contributed by atoms with Crippen LogP contribution in [0, 0.1) is 32.1 Å². The van der Waals surface area contributed by atoms with E-state index in [1.54, 1.807) is 6.07 Å². The molecule has 0 N–H and O–H groups in total. The van der Waals surface area contributed by atoms with E-state index >= 15 is 0 Å². The zero-order chi connectivity index (χ0) is 10.7. The fraction of sp³-hybridized carbons (Fsp3) is 0.273. The van der Waals surface area contributed by atoms with E-state index in [0.717, 1.165) is 16.8 Å². The van der Waals surface area contributed by atoms with Gasteiger partial charge in [-0.2, -0.15) is 5.26 Å². The Morgan fingerprint density at radius 2 is 1.79 bits per heavy atom. The van der Waals surface area contributed by atoms with Gasteiger partial charge in [-0.05, 0) is 31.9 Å². The van der Waals surface area contributed by atoms with Gasteiger partial charge in [0.15, 0.2) is 0 Å². The zero-order valence-corrected chi connectivity index (χ0v) is 9.18. The molecule has 0 spiro atoms. The predicted octanol–water partition coefficient (Wildman–Crippen LogP) is 3.40. The molecular formula is C11H11ClN2. The van der Waals surface area contributed by atoms with E-state index in [2.05, 4.69) is 4.99 Å². The molecule has 0 aliphatic carbocycles. The first-order valence-corrected chi connectivity index (χ1v) is 4.64. The number of halogens is 1. The van der Waals surface area contributed by atoms with Crippen LogP contribution in [0.25, 0.3) is 0 Å². The van der Waals surface area contributed by atoms with E-state index in [9.17, 15) is 0 Å². The summed E-state index contributed by atoms with van der Waals surface area (Å²) in [6.45, 7) is 5.94. The lowest BCUT2D eigenvalue weighted by atomic mass is 10.1. The van der Waals surface area contributed by atoms with Crippen molar-refractivity contribution in [2.75, 3.05) is 0 Å². The van der Waals surface area contributed by atoms with Crippen molar-refractivity contribution in [3.05, 3.63) is 28.8 Å². The number of benzene rings is 1. The largest absolute Gasteiger partial charge is 0.226 e. The third-order valence-electron chi connectivity index (χ3n) is 1.94. The molecule has 3 heteroatoms. The minimum Gasteiger partial charge on any atom is -0.226 e. The molecule has 0 fully saturated rings. The SMILES string of the molecule is Cc1cc(C)c(N=C(Cl)C#N)c(C)c1. The highest BCUT2D eigenvalue weighted by Gasteiger charge is 2.03. The van der Waals surface area contributed by atoms with Gasteiger partial charge < -0.3 is 0 Å². The lowest BCUT2D eigenvalue weighted by Gasteiger charge is -2.05. The molecule has 0 aromatic heterocycles. The number of nitrogens with zero attached hydrogens (tertiary/aromatic N) is 2. The Bertz CT molecular complexity index is 404. The van der Waals surface area contributed by atoms with Gasteiger partial charge in [-0.1, -0.05) is 29.3 Å². The van der Waals surface area contributed by atoms with Gasteiger partial charge in [0.05, 0.1) is 5.69 Å². The fourth-order valence-electron chi connectivity index (χ4n) is 1.47. The molecule has 0 saturated carbocycles. The third kappa shape index (κ3) is 2.34. The maximum atomic E-state index is 8.52. The summed E-state index contributed by atoms with van der Waals surface area (Å²) in [5, 5.41) is 8.49. The average Bonchev–Trinajstić information content (AvgIpc) is 2.10. The molecule has 1 aromatic carbocycles. The Balaban J connectivity index is 3.30. The first-order valence-electron chi connectivity index (χ1n) is 4.26. The van der Waals surface area contributed by atoms with Crippen LogP contribution in [-0.4, -0.2) is 5.17 Å². The topological polar surface area (TPSA) is 36.1 Å². The molecule has 72 valence electrons. The van der Waals surface area contributed by atoms with Crippen LogP contribution in [0.15, 0.2) is 17.1 Å². The van der Waals surface area contributed by atoms with Crippen molar-refractivity contribution in [1.82, 2.24) is 0 Å². The smallest absolute Gasteiger partial charge is 0.207 e. The van der Waals surface area contributed by atoms with Crippen LogP contribution in [0.4, 0.5) is 5.69 Å². The van der Waals surface area contributed by atoms with Crippen molar-refractivity contribution in [2.24, 2.45) is 4.99 Å². The van der Waals surface area contributed by atoms with Crippen molar-refractivity contribution in [3.8, 4) is 6.07 Å². The van der Waals surface area contributed by atoms with Crippen molar-refractivity contribution >= 4 is 22.5 Å². The molecule has 0 amide bonds. The first-order chi connectivity index (χ1) is 6.54. The summed E-state index contributed by atoms with van der Waals surface area (Å²) >= 11 is 5.57. The second kappa shape index (κ2) is 4.26. The maximum Gasteiger partial charge on any atom is 0.207 e. The highest BCUT2D eigenvalue weighted by molar-refractivity contribution is 6.69. The van der Waals surface area contributed by atoms with Crippen LogP contribution in [0.2, 0.25) is 0 Å². The van der Waals surface area contributed by atoms with Crippen LogP contribution < -0.4 is 0 Å². The predicted molar refractivity (Wildman–Crippen MR) is 59.2 cm³/mol. The quantitative estimate of drug-likeness (QED) is 0.649. The van der Waals surface area contributed by atoms with Crippen molar-refractivity contribution < 1.29 is 0 Å². The first kappa shape index (κ1) is 10.7. The summed E-state index contributed by atoms with van der Waals surface area (Å²) < 4.78 is 0. The average molecular weight is 207 g/mol. The molecule has 0 atom stereocenters. The van der Waals surface area contributed by atoms with E-state index in [4.69, 9.17) is 16.9 Å². The summed E-state index contributed by atoms with van der Waals surface area (Å²) in [4.78, 5) is 4.04. The molecule has 0 bridgehead atoms. The molecular weight excluding hydrogens is 196 g/mol. The van der Waals surface area contributed by atoms with Crippen molar-refractivity contribution in [2.45, 2.75) is 20.8 Å². The van der Waals surface area contributed by atoms with Gasteiger partial charge >= 0.3 is 0 Å². The monoisotopic (exact) mass is 206 g/mol. The van der Waals surface area contributed by atoms with Crippen LogP contribution >= 0.6 is 11.6 Å². The highest BCUT2D eigenvalue weighted by atomic mass is 35.5. The molecule has 0 aliphatic rings. The van der Waals surface area contributed by atoms with E-state index in [0.29, 0.717) is 0 Å². The minimum absolute atomic E-state index is 0.0277. The number of aryl methyl sites for hydroxylation is 3. The Kier molecular flexibility index (Phi) is 3.27. The Morgan fingerprint density at radius 1 is 1.29 bits per heavy atom. The van der Waals surface area contributed by atoms with Gasteiger partial charge in [-0.3, -0.25) is 0 Å².